The van der Waals surface area contributed by atoms with E-state index < -0.39 is 0 Å². The van der Waals surface area contributed by atoms with Gasteiger partial charge in [0.2, 0.25) is 11.0 Å². The highest BCUT2D eigenvalue weighted by Gasteiger charge is 2.12. The van der Waals surface area contributed by atoms with Crippen molar-refractivity contribution in [3.63, 3.8) is 0 Å². The Morgan fingerprint density at radius 3 is 2.96 bits per heavy atom. The van der Waals surface area contributed by atoms with Gasteiger partial charge in [0, 0.05) is 29.4 Å². The molecule has 7 nitrogen and oxygen atoms in total. The second-order valence-corrected chi connectivity index (χ2v) is 7.20. The highest BCUT2D eigenvalue weighted by atomic mass is 32.1. The Balaban J connectivity index is 1.32. The van der Waals surface area contributed by atoms with Gasteiger partial charge >= 0.3 is 0 Å². The van der Waals surface area contributed by atoms with Gasteiger partial charge in [0.15, 0.2) is 5.58 Å². The lowest BCUT2D eigenvalue weighted by molar-refractivity contribution is -0.120. The van der Waals surface area contributed by atoms with E-state index in [1.54, 1.807) is 11.3 Å². The Kier molecular flexibility index (Phi) is 4.72. The Labute approximate surface area is 160 Å². The molecular weight excluding hydrogens is 362 g/mol. The zero-order valence-electron chi connectivity index (χ0n) is 15.1. The number of carbonyl (C=O) groups excluding carboxylic acids is 1. The summed E-state index contributed by atoms with van der Waals surface area (Å²) in [5.41, 5.74) is 4.32. The van der Waals surface area contributed by atoms with Gasteiger partial charge in [-0.15, -0.1) is 11.3 Å². The zero-order chi connectivity index (χ0) is 18.8. The maximum Gasteiger partial charge on any atom is 0.226 e. The first-order chi connectivity index (χ1) is 13.1. The molecule has 0 radical (unpaired) electrons. The van der Waals surface area contributed by atoms with Crippen molar-refractivity contribution in [2.24, 2.45) is 0 Å². The van der Waals surface area contributed by atoms with Gasteiger partial charge in [0.05, 0.1) is 17.8 Å². The third-order valence-corrected chi connectivity index (χ3v) is 5.08. The fourth-order valence-corrected chi connectivity index (χ4v) is 3.81. The summed E-state index contributed by atoms with van der Waals surface area (Å²) in [5, 5.41) is 15.1. The standard InChI is InChI=1S/C19H19N5O2S/c1-12-9-13(2)24(22-12)19-21-14(11-27-19)7-8-20-18(25)10-16-15-5-3-4-6-17(15)26-23-16/h3-6,9,11H,7-8,10H2,1-2H3,(H,20,25). The molecule has 0 spiro atoms. The number of thiazole rings is 1. The average molecular weight is 381 g/mol. The predicted molar refractivity (Wildman–Crippen MR) is 103 cm³/mol. The normalized spacial score (nSPS) is 11.2. The summed E-state index contributed by atoms with van der Waals surface area (Å²) in [6.07, 6.45) is 0.867. The van der Waals surface area contributed by atoms with E-state index in [0.29, 0.717) is 24.2 Å². The number of amides is 1. The third-order valence-electron chi connectivity index (χ3n) is 4.21. The number of nitrogens with zero attached hydrogens (tertiary/aromatic N) is 4. The van der Waals surface area contributed by atoms with Crippen LogP contribution in [-0.4, -0.2) is 32.4 Å². The number of fused-ring (bicyclic) bond motifs is 1. The van der Waals surface area contributed by atoms with Crippen molar-refractivity contribution in [3.05, 3.63) is 58.5 Å². The Morgan fingerprint density at radius 1 is 1.30 bits per heavy atom. The quantitative estimate of drug-likeness (QED) is 0.555. The SMILES string of the molecule is Cc1cc(C)n(-c2nc(CCNC(=O)Cc3noc4ccccc34)cs2)n1. The maximum atomic E-state index is 12.2. The summed E-state index contributed by atoms with van der Waals surface area (Å²) in [6.45, 7) is 4.50. The monoisotopic (exact) mass is 381 g/mol. The first-order valence-electron chi connectivity index (χ1n) is 8.68. The molecule has 1 aromatic carbocycles. The van der Waals surface area contributed by atoms with Crippen LogP contribution in [0, 0.1) is 13.8 Å². The number of benzene rings is 1. The molecule has 4 aromatic rings. The summed E-state index contributed by atoms with van der Waals surface area (Å²) in [5.74, 6) is -0.0805. The molecule has 0 saturated carbocycles. The summed E-state index contributed by atoms with van der Waals surface area (Å²) in [7, 11) is 0. The minimum absolute atomic E-state index is 0.0805. The summed E-state index contributed by atoms with van der Waals surface area (Å²) in [4.78, 5) is 16.8. The van der Waals surface area contributed by atoms with Crippen LogP contribution in [0.2, 0.25) is 0 Å². The van der Waals surface area contributed by atoms with Crippen LogP contribution in [0.5, 0.6) is 0 Å². The fraction of sp³-hybridized carbons (Fsp3) is 0.263. The smallest absolute Gasteiger partial charge is 0.226 e. The number of carbonyl (C=O) groups is 1. The van der Waals surface area contributed by atoms with E-state index in [0.717, 1.165) is 27.6 Å². The summed E-state index contributed by atoms with van der Waals surface area (Å²) < 4.78 is 7.08. The molecule has 0 aliphatic rings. The molecule has 0 aliphatic carbocycles. The number of nitrogens with one attached hydrogen (secondary N) is 1. The number of hydrogen-bond donors (Lipinski definition) is 1. The molecule has 1 N–H and O–H groups in total. The lowest BCUT2D eigenvalue weighted by Gasteiger charge is -2.02. The Hall–Kier alpha value is -3.00. The van der Waals surface area contributed by atoms with Gasteiger partial charge in [-0.05, 0) is 32.0 Å². The van der Waals surface area contributed by atoms with Gasteiger partial charge in [-0.3, -0.25) is 4.79 Å². The number of aromatic nitrogens is 4. The highest BCUT2D eigenvalue weighted by molar-refractivity contribution is 7.12. The molecule has 1 amide bonds. The molecule has 0 fully saturated rings. The Morgan fingerprint density at radius 2 is 2.15 bits per heavy atom. The molecular formula is C19H19N5O2S. The van der Waals surface area contributed by atoms with Crippen LogP contribution in [0.3, 0.4) is 0 Å². The van der Waals surface area contributed by atoms with Crippen molar-refractivity contribution in [1.29, 1.82) is 0 Å². The predicted octanol–water partition coefficient (Wildman–Crippen LogP) is 2.99. The minimum Gasteiger partial charge on any atom is -0.356 e. The van der Waals surface area contributed by atoms with Gasteiger partial charge in [0.25, 0.3) is 0 Å². The van der Waals surface area contributed by atoms with Gasteiger partial charge in [-0.25, -0.2) is 9.67 Å². The fourth-order valence-electron chi connectivity index (χ4n) is 2.94. The molecule has 138 valence electrons. The zero-order valence-corrected chi connectivity index (χ0v) is 15.9. The van der Waals surface area contributed by atoms with E-state index in [2.05, 4.69) is 20.6 Å². The van der Waals surface area contributed by atoms with E-state index in [1.165, 1.54) is 0 Å². The first-order valence-corrected chi connectivity index (χ1v) is 9.56. The van der Waals surface area contributed by atoms with Crippen LogP contribution in [-0.2, 0) is 17.6 Å². The first kappa shape index (κ1) is 17.4. The van der Waals surface area contributed by atoms with Crippen molar-refractivity contribution in [2.75, 3.05) is 6.54 Å². The lowest BCUT2D eigenvalue weighted by atomic mass is 10.1. The van der Waals surface area contributed by atoms with Crippen molar-refractivity contribution in [2.45, 2.75) is 26.7 Å². The van der Waals surface area contributed by atoms with Crippen LogP contribution in [0.4, 0.5) is 0 Å². The van der Waals surface area contributed by atoms with E-state index >= 15 is 0 Å². The molecule has 0 bridgehead atoms. The molecule has 0 aliphatic heterocycles. The van der Waals surface area contributed by atoms with Crippen molar-refractivity contribution in [3.8, 4) is 5.13 Å². The molecule has 3 heterocycles. The average Bonchev–Trinajstić information content (AvgIpc) is 3.35. The van der Waals surface area contributed by atoms with Crippen LogP contribution in [0.25, 0.3) is 16.1 Å². The largest absolute Gasteiger partial charge is 0.356 e. The van der Waals surface area contributed by atoms with Gasteiger partial charge in [0.1, 0.15) is 5.69 Å². The van der Waals surface area contributed by atoms with Crippen molar-refractivity contribution < 1.29 is 9.32 Å². The maximum absolute atomic E-state index is 12.2. The van der Waals surface area contributed by atoms with E-state index in [9.17, 15) is 4.79 Å². The van der Waals surface area contributed by atoms with Gasteiger partial charge in [-0.2, -0.15) is 5.10 Å². The minimum atomic E-state index is -0.0805. The van der Waals surface area contributed by atoms with Crippen LogP contribution in [0.15, 0.2) is 40.2 Å². The summed E-state index contributed by atoms with van der Waals surface area (Å²) >= 11 is 1.55. The summed E-state index contributed by atoms with van der Waals surface area (Å²) in [6, 6.07) is 9.56. The van der Waals surface area contributed by atoms with Crippen LogP contribution in [0.1, 0.15) is 22.8 Å². The second-order valence-electron chi connectivity index (χ2n) is 6.36. The van der Waals surface area contributed by atoms with E-state index in [-0.39, 0.29) is 12.3 Å². The molecule has 4 rings (SSSR count). The molecule has 0 unspecified atom stereocenters. The third kappa shape index (κ3) is 3.75. The van der Waals surface area contributed by atoms with E-state index in [1.807, 2.05) is 54.2 Å². The number of rotatable bonds is 6. The van der Waals surface area contributed by atoms with Gasteiger partial charge in [-0.1, -0.05) is 17.3 Å². The number of para-hydroxylation sites is 1. The van der Waals surface area contributed by atoms with Crippen molar-refractivity contribution in [1.82, 2.24) is 25.2 Å². The number of hydrogen-bond acceptors (Lipinski definition) is 6. The lowest BCUT2D eigenvalue weighted by Crippen LogP contribution is -2.27. The Bertz CT molecular complexity index is 1090. The molecule has 0 atom stereocenters. The topological polar surface area (TPSA) is 85.8 Å². The molecule has 3 aromatic heterocycles. The molecule has 8 heteroatoms. The highest BCUT2D eigenvalue weighted by Crippen LogP contribution is 2.19. The van der Waals surface area contributed by atoms with Crippen LogP contribution < -0.4 is 5.32 Å². The van der Waals surface area contributed by atoms with Crippen molar-refractivity contribution >= 4 is 28.2 Å². The van der Waals surface area contributed by atoms with Crippen LogP contribution >= 0.6 is 11.3 Å². The van der Waals surface area contributed by atoms with E-state index in [4.69, 9.17) is 4.52 Å². The number of aryl methyl sites for hydroxylation is 2. The second kappa shape index (κ2) is 7.32. The molecule has 0 saturated heterocycles. The van der Waals surface area contributed by atoms with Gasteiger partial charge < -0.3 is 9.84 Å². The molecule has 27 heavy (non-hydrogen) atoms.